The van der Waals surface area contributed by atoms with Gasteiger partial charge in [0.25, 0.3) is 5.56 Å². The Morgan fingerprint density at radius 3 is 1.59 bits per heavy atom. The summed E-state index contributed by atoms with van der Waals surface area (Å²) in [7, 11) is 0. The molecule has 3 nitrogen and oxygen atoms in total. The van der Waals surface area contributed by atoms with Crippen LogP contribution in [0.1, 0.15) is 19.4 Å². The van der Waals surface area contributed by atoms with E-state index < -0.39 is 0 Å². The molecule has 11 rings (SSSR count). The second-order valence-corrected chi connectivity index (χ2v) is 15.2. The van der Waals surface area contributed by atoms with Crippen molar-refractivity contribution in [2.75, 3.05) is 0 Å². The standard InChI is InChI=1S/C55H38N2O/c1-3-13-35(4-2)39-22-26-46-47(31-39)44-20-12-21-45-48-34-42(25-29-53(48)57(54(44)45)55(46)58)38-18-11-19-43(30-38)56-51-27-23-40(36-14-7-5-8-15-36)32-49(51)50-33-41(24-28-52(50)56)37-16-9-6-10-17-37/h3-34H,1-2H3/b13-3-,35-4+. The van der Waals surface area contributed by atoms with Crippen molar-refractivity contribution in [1.29, 1.82) is 0 Å². The van der Waals surface area contributed by atoms with Gasteiger partial charge in [0.15, 0.2) is 0 Å². The molecule has 0 saturated heterocycles. The molecule has 0 unspecified atom stereocenters. The number of hydrogen-bond acceptors (Lipinski definition) is 1. The van der Waals surface area contributed by atoms with Crippen LogP contribution in [0.3, 0.4) is 0 Å². The molecular weight excluding hydrogens is 705 g/mol. The molecule has 0 bridgehead atoms. The summed E-state index contributed by atoms with van der Waals surface area (Å²) in [5, 5.41) is 7.39. The molecule has 11 aromatic rings. The summed E-state index contributed by atoms with van der Waals surface area (Å²) in [6.07, 6.45) is 6.29. The van der Waals surface area contributed by atoms with Crippen LogP contribution >= 0.6 is 0 Å². The van der Waals surface area contributed by atoms with Gasteiger partial charge in [-0.25, -0.2) is 0 Å². The van der Waals surface area contributed by atoms with Crippen molar-refractivity contribution in [3.63, 3.8) is 0 Å². The predicted molar refractivity (Wildman–Crippen MR) is 246 cm³/mol. The highest BCUT2D eigenvalue weighted by atomic mass is 16.1. The fourth-order valence-electron chi connectivity index (χ4n) is 9.22. The first-order valence-electron chi connectivity index (χ1n) is 20.0. The SMILES string of the molecule is C/C=C\C(=C/C)c1ccc2c(=O)n3c4ccc(-c5cccc(-n6c7ccc(-c8ccccc8)cc7c7cc(-c8ccccc8)ccc76)c5)cc4c4cccc(c2c1)c43. The average Bonchev–Trinajstić information content (AvgIpc) is 3.80. The Morgan fingerprint density at radius 1 is 0.431 bits per heavy atom. The molecule has 0 atom stereocenters. The first kappa shape index (κ1) is 33.8. The number of hydrogen-bond donors (Lipinski definition) is 0. The van der Waals surface area contributed by atoms with Crippen LogP contribution in [0.5, 0.6) is 0 Å². The smallest absolute Gasteiger partial charge is 0.263 e. The van der Waals surface area contributed by atoms with Crippen molar-refractivity contribution in [2.45, 2.75) is 13.8 Å². The van der Waals surface area contributed by atoms with E-state index in [0.29, 0.717) is 0 Å². The Morgan fingerprint density at radius 2 is 0.966 bits per heavy atom. The Labute approximate surface area is 336 Å². The number of aromatic nitrogens is 2. The topological polar surface area (TPSA) is 26.4 Å². The minimum absolute atomic E-state index is 0.0141. The van der Waals surface area contributed by atoms with Crippen LogP contribution in [-0.4, -0.2) is 8.97 Å². The van der Waals surface area contributed by atoms with E-state index in [4.69, 9.17) is 0 Å². The van der Waals surface area contributed by atoms with E-state index in [-0.39, 0.29) is 5.56 Å². The highest BCUT2D eigenvalue weighted by Crippen LogP contribution is 2.40. The van der Waals surface area contributed by atoms with Gasteiger partial charge in [-0.05, 0) is 124 Å². The Bertz CT molecular complexity index is 3430. The number of pyridine rings is 1. The lowest BCUT2D eigenvalue weighted by molar-refractivity contribution is 1.18. The molecule has 0 saturated carbocycles. The first-order chi connectivity index (χ1) is 28.6. The molecule has 3 heterocycles. The molecule has 0 radical (unpaired) electrons. The second-order valence-electron chi connectivity index (χ2n) is 15.2. The number of nitrogens with zero attached hydrogens (tertiary/aromatic N) is 2. The third-order valence-corrected chi connectivity index (χ3v) is 11.9. The van der Waals surface area contributed by atoms with Crippen LogP contribution in [-0.2, 0) is 0 Å². The molecule has 0 aliphatic rings. The van der Waals surface area contributed by atoms with Crippen LogP contribution in [0.15, 0.2) is 199 Å². The normalized spacial score (nSPS) is 12.4. The maximum Gasteiger partial charge on any atom is 0.263 e. The number of fused-ring (bicyclic) bond motifs is 8. The van der Waals surface area contributed by atoms with E-state index in [9.17, 15) is 4.79 Å². The summed E-state index contributed by atoms with van der Waals surface area (Å²) in [4.78, 5) is 14.3. The third-order valence-electron chi connectivity index (χ3n) is 11.9. The summed E-state index contributed by atoms with van der Waals surface area (Å²) >= 11 is 0. The second kappa shape index (κ2) is 13.3. The van der Waals surface area contributed by atoms with Crippen LogP contribution in [0.4, 0.5) is 0 Å². The van der Waals surface area contributed by atoms with E-state index in [1.807, 2.05) is 17.4 Å². The van der Waals surface area contributed by atoms with E-state index in [1.165, 1.54) is 33.0 Å². The van der Waals surface area contributed by atoms with Crippen molar-refractivity contribution < 1.29 is 0 Å². The van der Waals surface area contributed by atoms with Gasteiger partial charge in [-0.15, -0.1) is 0 Å². The molecule has 274 valence electrons. The largest absolute Gasteiger partial charge is 0.309 e. The molecule has 0 amide bonds. The highest BCUT2D eigenvalue weighted by molar-refractivity contribution is 6.21. The molecule has 3 heteroatoms. The predicted octanol–water partition coefficient (Wildman–Crippen LogP) is 14.3. The Hall–Kier alpha value is -7.49. The Balaban J connectivity index is 1.09. The molecular formula is C55H38N2O. The monoisotopic (exact) mass is 742 g/mol. The molecule has 0 N–H and O–H groups in total. The van der Waals surface area contributed by atoms with Gasteiger partial charge in [0.05, 0.1) is 22.1 Å². The molecule has 0 aliphatic heterocycles. The summed E-state index contributed by atoms with van der Waals surface area (Å²) in [5.41, 5.74) is 14.6. The maximum atomic E-state index is 14.3. The summed E-state index contributed by atoms with van der Waals surface area (Å²) in [6, 6.07) is 63.0. The summed E-state index contributed by atoms with van der Waals surface area (Å²) < 4.78 is 4.33. The van der Waals surface area contributed by atoms with E-state index >= 15 is 0 Å². The zero-order chi connectivity index (χ0) is 38.9. The van der Waals surface area contributed by atoms with Crippen molar-refractivity contribution in [1.82, 2.24) is 8.97 Å². The minimum Gasteiger partial charge on any atom is -0.309 e. The summed E-state index contributed by atoms with van der Waals surface area (Å²) in [6.45, 7) is 4.08. The highest BCUT2D eigenvalue weighted by Gasteiger charge is 2.19. The maximum absolute atomic E-state index is 14.3. The number of para-hydroxylation sites is 1. The number of rotatable bonds is 6. The van der Waals surface area contributed by atoms with Crippen LogP contribution in [0, 0.1) is 0 Å². The fourth-order valence-corrected chi connectivity index (χ4v) is 9.22. The number of allylic oxidation sites excluding steroid dienone is 4. The minimum atomic E-state index is 0.0141. The molecule has 3 aromatic heterocycles. The van der Waals surface area contributed by atoms with E-state index in [1.54, 1.807) is 0 Å². The quantitative estimate of drug-likeness (QED) is 0.123. The van der Waals surface area contributed by atoms with Gasteiger partial charge in [0.1, 0.15) is 0 Å². The van der Waals surface area contributed by atoms with E-state index in [0.717, 1.165) is 76.9 Å². The molecule has 0 fully saturated rings. The van der Waals surface area contributed by atoms with Crippen molar-refractivity contribution >= 4 is 65.3 Å². The van der Waals surface area contributed by atoms with E-state index in [2.05, 4.69) is 200 Å². The molecule has 8 aromatic carbocycles. The van der Waals surface area contributed by atoms with Crippen LogP contribution in [0.25, 0.3) is 104 Å². The van der Waals surface area contributed by atoms with Gasteiger partial charge in [-0.1, -0.05) is 133 Å². The molecule has 58 heavy (non-hydrogen) atoms. The first-order valence-corrected chi connectivity index (χ1v) is 20.0. The lowest BCUT2D eigenvalue weighted by Gasteiger charge is -2.11. The number of benzene rings is 8. The van der Waals surface area contributed by atoms with Gasteiger partial charge in [-0.3, -0.25) is 9.20 Å². The van der Waals surface area contributed by atoms with Crippen molar-refractivity contribution in [3.8, 4) is 39.1 Å². The van der Waals surface area contributed by atoms with Gasteiger partial charge >= 0.3 is 0 Å². The third kappa shape index (κ3) is 5.17. The van der Waals surface area contributed by atoms with Crippen molar-refractivity contribution in [2.24, 2.45) is 0 Å². The fraction of sp³-hybridized carbons (Fsp3) is 0.0364. The van der Waals surface area contributed by atoms with Gasteiger partial charge < -0.3 is 4.57 Å². The van der Waals surface area contributed by atoms with Gasteiger partial charge in [0.2, 0.25) is 0 Å². The van der Waals surface area contributed by atoms with Gasteiger partial charge in [0, 0.05) is 38.0 Å². The molecule has 0 aliphatic carbocycles. The lowest BCUT2D eigenvalue weighted by Crippen LogP contribution is -2.13. The lowest BCUT2D eigenvalue weighted by atomic mass is 9.98. The summed E-state index contributed by atoms with van der Waals surface area (Å²) in [5.74, 6) is 0. The zero-order valence-corrected chi connectivity index (χ0v) is 32.3. The van der Waals surface area contributed by atoms with Gasteiger partial charge in [-0.2, -0.15) is 0 Å². The zero-order valence-electron chi connectivity index (χ0n) is 32.3. The average molecular weight is 743 g/mol. The van der Waals surface area contributed by atoms with Crippen LogP contribution < -0.4 is 5.56 Å². The van der Waals surface area contributed by atoms with Crippen LogP contribution in [0.2, 0.25) is 0 Å². The van der Waals surface area contributed by atoms with Crippen molar-refractivity contribution in [3.05, 3.63) is 210 Å². The molecule has 0 spiro atoms. The Kier molecular flexibility index (Phi) is 7.77.